The minimum Gasteiger partial charge on any atom is -0.240 e. The SMILES string of the molecule is O=C(N(F)F)N(F)c1ccccc1. The third kappa shape index (κ3) is 2.11. The van der Waals surface area contributed by atoms with Crippen molar-refractivity contribution in [2.75, 3.05) is 5.12 Å². The Morgan fingerprint density at radius 3 is 2.08 bits per heavy atom. The van der Waals surface area contributed by atoms with Crippen molar-refractivity contribution in [2.24, 2.45) is 0 Å². The number of hydrogen-bond acceptors (Lipinski definition) is 1. The van der Waals surface area contributed by atoms with Gasteiger partial charge >= 0.3 is 6.03 Å². The van der Waals surface area contributed by atoms with Gasteiger partial charge in [0.15, 0.2) is 0 Å². The first-order chi connectivity index (χ1) is 6.13. The molecule has 0 saturated heterocycles. The van der Waals surface area contributed by atoms with Gasteiger partial charge in [0.05, 0.1) is 5.69 Å². The predicted molar refractivity (Wildman–Crippen MR) is 39.5 cm³/mol. The second-order valence-electron chi connectivity index (χ2n) is 2.13. The molecule has 0 atom stereocenters. The quantitative estimate of drug-likeness (QED) is 0.624. The molecule has 0 saturated carbocycles. The molecule has 0 fully saturated rings. The summed E-state index contributed by atoms with van der Waals surface area (Å²) in [5, 5.41) is -2.47. The first kappa shape index (κ1) is 9.37. The van der Waals surface area contributed by atoms with Crippen LogP contribution in [0, 0.1) is 0 Å². The maximum absolute atomic E-state index is 12.7. The summed E-state index contributed by atoms with van der Waals surface area (Å²) in [5.74, 6) is 0. The van der Waals surface area contributed by atoms with Crippen LogP contribution in [0.3, 0.4) is 0 Å². The number of carbonyl (C=O) groups excluding carboxylic acids is 1. The fraction of sp³-hybridized carbons (Fsp3) is 0. The van der Waals surface area contributed by atoms with E-state index in [1.54, 1.807) is 6.07 Å². The summed E-state index contributed by atoms with van der Waals surface area (Å²) in [5.41, 5.74) is -0.243. The van der Waals surface area contributed by atoms with Crippen molar-refractivity contribution < 1.29 is 18.2 Å². The van der Waals surface area contributed by atoms with Crippen LogP contribution in [0.4, 0.5) is 23.9 Å². The minimum atomic E-state index is -2.02. The van der Waals surface area contributed by atoms with E-state index in [0.717, 1.165) is 0 Å². The number of hydrogen-bond donors (Lipinski definition) is 0. The molecular formula is C7H5F3N2O. The summed E-state index contributed by atoms with van der Waals surface area (Å²) in [7, 11) is 0. The van der Waals surface area contributed by atoms with Crippen LogP contribution in [0.2, 0.25) is 0 Å². The fourth-order valence-corrected chi connectivity index (χ4v) is 0.736. The van der Waals surface area contributed by atoms with Gasteiger partial charge in [0, 0.05) is 5.34 Å². The number of urea groups is 1. The molecule has 0 bridgehead atoms. The Morgan fingerprint density at radius 1 is 1.08 bits per heavy atom. The molecule has 6 heteroatoms. The summed E-state index contributed by atoms with van der Waals surface area (Å²) < 4.78 is 35.9. The molecule has 13 heavy (non-hydrogen) atoms. The van der Waals surface area contributed by atoms with Crippen LogP contribution >= 0.6 is 0 Å². The molecule has 0 radical (unpaired) electrons. The van der Waals surface area contributed by atoms with Crippen LogP contribution in [0.5, 0.6) is 0 Å². The van der Waals surface area contributed by atoms with E-state index in [4.69, 9.17) is 0 Å². The average Bonchev–Trinajstić information content (AvgIpc) is 2.17. The lowest BCUT2D eigenvalue weighted by Gasteiger charge is -2.10. The van der Waals surface area contributed by atoms with Crippen molar-refractivity contribution in [2.45, 2.75) is 0 Å². The number of para-hydroxylation sites is 1. The maximum atomic E-state index is 12.7. The second kappa shape index (κ2) is 3.79. The first-order valence-electron chi connectivity index (χ1n) is 3.29. The molecule has 0 aliphatic rings. The number of amides is 2. The van der Waals surface area contributed by atoms with Gasteiger partial charge in [0.2, 0.25) is 0 Å². The van der Waals surface area contributed by atoms with Crippen LogP contribution in [0.1, 0.15) is 0 Å². The van der Waals surface area contributed by atoms with E-state index in [1.165, 1.54) is 24.3 Å². The highest BCUT2D eigenvalue weighted by atomic mass is 19.4. The summed E-state index contributed by atoms with van der Waals surface area (Å²) in [6.07, 6.45) is 0. The van der Waals surface area contributed by atoms with E-state index in [1.807, 2.05) is 0 Å². The largest absolute Gasteiger partial charge is 0.411 e. The van der Waals surface area contributed by atoms with Crippen molar-refractivity contribution in [3.8, 4) is 0 Å². The highest BCUT2D eigenvalue weighted by Gasteiger charge is 2.22. The Balaban J connectivity index is 2.80. The van der Waals surface area contributed by atoms with Crippen LogP contribution in [-0.2, 0) is 0 Å². The highest BCUT2D eigenvalue weighted by Crippen LogP contribution is 2.15. The number of nitrogens with zero attached hydrogens (tertiary/aromatic N) is 2. The summed E-state index contributed by atoms with van der Waals surface area (Å²) in [6.45, 7) is 0. The molecule has 1 aromatic rings. The van der Waals surface area contributed by atoms with Gasteiger partial charge in [-0.15, -0.1) is 5.12 Å². The van der Waals surface area contributed by atoms with E-state index in [9.17, 15) is 18.2 Å². The third-order valence-corrected chi connectivity index (χ3v) is 1.30. The topological polar surface area (TPSA) is 23.6 Å². The number of carbonyl (C=O) groups is 1. The molecule has 1 rings (SSSR count). The fourth-order valence-electron chi connectivity index (χ4n) is 0.736. The van der Waals surface area contributed by atoms with Gasteiger partial charge in [-0.2, -0.15) is 0 Å². The van der Waals surface area contributed by atoms with Gasteiger partial charge in [-0.25, -0.2) is 4.79 Å². The Kier molecular flexibility index (Phi) is 2.73. The van der Waals surface area contributed by atoms with Gasteiger partial charge in [-0.3, -0.25) is 0 Å². The molecule has 0 aliphatic heterocycles. The van der Waals surface area contributed by atoms with E-state index in [0.29, 0.717) is 0 Å². The van der Waals surface area contributed by atoms with E-state index in [-0.39, 0.29) is 5.69 Å². The third-order valence-electron chi connectivity index (χ3n) is 1.30. The Bertz CT molecular complexity index is 291. The van der Waals surface area contributed by atoms with Crippen molar-refractivity contribution >= 4 is 11.7 Å². The van der Waals surface area contributed by atoms with Gasteiger partial charge < -0.3 is 0 Å². The number of halogens is 3. The lowest BCUT2D eigenvalue weighted by Crippen LogP contribution is -2.28. The first-order valence-corrected chi connectivity index (χ1v) is 3.29. The number of anilines is 1. The van der Waals surface area contributed by atoms with E-state index >= 15 is 0 Å². The van der Waals surface area contributed by atoms with E-state index in [2.05, 4.69) is 0 Å². The van der Waals surface area contributed by atoms with Crippen molar-refractivity contribution in [3.05, 3.63) is 30.3 Å². The standard InChI is InChI=1S/C7H5F3N2O/c8-11(7(13)12(9)10)6-4-2-1-3-5-6/h1-5H. The zero-order chi connectivity index (χ0) is 9.84. The lowest BCUT2D eigenvalue weighted by atomic mass is 10.3. The van der Waals surface area contributed by atoms with Gasteiger partial charge in [-0.1, -0.05) is 31.6 Å². The molecule has 0 heterocycles. The minimum absolute atomic E-state index is 0.243. The van der Waals surface area contributed by atoms with Crippen LogP contribution in [0.15, 0.2) is 30.3 Å². The zero-order valence-electron chi connectivity index (χ0n) is 6.32. The highest BCUT2D eigenvalue weighted by molar-refractivity contribution is 5.88. The molecule has 0 aromatic heterocycles. The smallest absolute Gasteiger partial charge is 0.240 e. The zero-order valence-corrected chi connectivity index (χ0v) is 6.32. The Morgan fingerprint density at radius 2 is 1.62 bits per heavy atom. The van der Waals surface area contributed by atoms with Crippen LogP contribution in [0.25, 0.3) is 0 Å². The van der Waals surface area contributed by atoms with Gasteiger partial charge in [-0.05, 0) is 12.1 Å². The lowest BCUT2D eigenvalue weighted by molar-refractivity contribution is -0.0991. The number of benzene rings is 1. The van der Waals surface area contributed by atoms with Crippen molar-refractivity contribution in [1.29, 1.82) is 0 Å². The molecule has 0 spiro atoms. The monoisotopic (exact) mass is 190 g/mol. The Labute approximate surface area is 71.8 Å². The molecular weight excluding hydrogens is 185 g/mol. The molecule has 0 unspecified atom stereocenters. The molecule has 70 valence electrons. The summed E-state index contributed by atoms with van der Waals surface area (Å²) >= 11 is 0. The molecule has 2 amide bonds. The maximum Gasteiger partial charge on any atom is 0.411 e. The van der Waals surface area contributed by atoms with E-state index < -0.39 is 16.5 Å². The van der Waals surface area contributed by atoms with Gasteiger partial charge in [0.1, 0.15) is 0 Å². The van der Waals surface area contributed by atoms with Crippen molar-refractivity contribution in [1.82, 2.24) is 5.34 Å². The molecule has 0 N–H and O–H groups in total. The predicted octanol–water partition coefficient (Wildman–Crippen LogP) is 2.57. The Hall–Kier alpha value is -1.72. The van der Waals surface area contributed by atoms with Crippen LogP contribution < -0.4 is 5.12 Å². The van der Waals surface area contributed by atoms with Gasteiger partial charge in [0.25, 0.3) is 0 Å². The summed E-state index contributed by atoms with van der Waals surface area (Å²) in [4.78, 5) is 10.4. The van der Waals surface area contributed by atoms with Crippen LogP contribution in [-0.4, -0.2) is 11.4 Å². The molecule has 0 aliphatic carbocycles. The molecule has 1 aromatic carbocycles. The second-order valence-corrected chi connectivity index (χ2v) is 2.13. The molecule has 3 nitrogen and oxygen atoms in total. The normalized spacial score (nSPS) is 9.46. The van der Waals surface area contributed by atoms with Crippen molar-refractivity contribution in [3.63, 3.8) is 0 Å². The number of rotatable bonds is 1. The average molecular weight is 190 g/mol. The summed E-state index contributed by atoms with van der Waals surface area (Å²) in [6, 6.07) is 4.80.